The zero-order valence-electron chi connectivity index (χ0n) is 17.1. The number of Topliss-reactive ketones (excluding diaryl/α,β-unsaturated/α-hetero) is 1. The molecular formula is C23H36N2O2. The molecule has 150 valence electrons. The third-order valence-corrected chi connectivity index (χ3v) is 9.01. The zero-order chi connectivity index (χ0) is 19.2. The van der Waals surface area contributed by atoms with E-state index >= 15 is 0 Å². The van der Waals surface area contributed by atoms with Gasteiger partial charge in [0.15, 0.2) is 0 Å². The van der Waals surface area contributed by atoms with Gasteiger partial charge in [-0.2, -0.15) is 0 Å². The van der Waals surface area contributed by atoms with Crippen LogP contribution < -0.4 is 5.73 Å². The molecule has 4 saturated carbocycles. The fraction of sp³-hybridized carbons (Fsp3) is 0.826. The monoisotopic (exact) mass is 372 g/mol. The first-order valence-electron chi connectivity index (χ1n) is 11.0. The molecule has 0 aromatic heterocycles. The number of ketones is 1. The third-order valence-electron chi connectivity index (χ3n) is 9.01. The fourth-order valence-corrected chi connectivity index (χ4v) is 7.51. The van der Waals surface area contributed by atoms with E-state index in [1.807, 2.05) is 0 Å². The van der Waals surface area contributed by atoms with Crippen molar-refractivity contribution in [1.82, 2.24) is 0 Å². The van der Waals surface area contributed by atoms with Crippen LogP contribution in [0.5, 0.6) is 0 Å². The second kappa shape index (κ2) is 7.02. The molecule has 0 amide bonds. The van der Waals surface area contributed by atoms with Crippen molar-refractivity contribution in [3.05, 3.63) is 12.7 Å². The Morgan fingerprint density at radius 3 is 2.78 bits per heavy atom. The predicted octanol–water partition coefficient (Wildman–Crippen LogP) is 4.34. The number of nitrogens with two attached hydrogens (primary N) is 1. The average molecular weight is 373 g/mol. The zero-order valence-corrected chi connectivity index (χ0v) is 17.1. The first-order chi connectivity index (χ1) is 12.9. The van der Waals surface area contributed by atoms with Gasteiger partial charge in [0.1, 0.15) is 12.4 Å². The highest BCUT2D eigenvalue weighted by Crippen LogP contribution is 2.66. The van der Waals surface area contributed by atoms with Crippen LogP contribution in [-0.4, -0.2) is 24.6 Å². The molecule has 4 heteroatoms. The van der Waals surface area contributed by atoms with Gasteiger partial charge >= 0.3 is 0 Å². The van der Waals surface area contributed by atoms with Gasteiger partial charge in [-0.1, -0.05) is 25.1 Å². The van der Waals surface area contributed by atoms with E-state index in [9.17, 15) is 4.79 Å². The summed E-state index contributed by atoms with van der Waals surface area (Å²) in [5.74, 6) is 3.68. The van der Waals surface area contributed by atoms with Gasteiger partial charge in [0, 0.05) is 18.4 Å². The van der Waals surface area contributed by atoms with Gasteiger partial charge in [-0.15, -0.1) is 6.58 Å². The molecule has 0 saturated heterocycles. The van der Waals surface area contributed by atoms with Crippen LogP contribution in [0.15, 0.2) is 17.8 Å². The molecular weight excluding hydrogens is 336 g/mol. The van der Waals surface area contributed by atoms with Crippen molar-refractivity contribution in [3.63, 3.8) is 0 Å². The van der Waals surface area contributed by atoms with E-state index in [1.165, 1.54) is 25.0 Å². The minimum atomic E-state index is -0.0482. The molecule has 0 radical (unpaired) electrons. The third kappa shape index (κ3) is 2.90. The Balaban J connectivity index is 1.60. The Morgan fingerprint density at radius 1 is 1.22 bits per heavy atom. The van der Waals surface area contributed by atoms with Gasteiger partial charge in [-0.05, 0) is 80.0 Å². The maximum absolute atomic E-state index is 12.6. The van der Waals surface area contributed by atoms with Crippen molar-refractivity contribution in [3.8, 4) is 0 Å². The van der Waals surface area contributed by atoms with Gasteiger partial charge in [-0.25, -0.2) is 0 Å². The Hall–Kier alpha value is -1.16. The van der Waals surface area contributed by atoms with Crippen LogP contribution in [0.3, 0.4) is 0 Å². The summed E-state index contributed by atoms with van der Waals surface area (Å²) >= 11 is 0. The summed E-state index contributed by atoms with van der Waals surface area (Å²) in [5.41, 5.74) is 7.01. The number of carbonyl (C=O) groups excluding carboxylic acids is 1. The lowest BCUT2D eigenvalue weighted by atomic mass is 9.43. The van der Waals surface area contributed by atoms with Crippen molar-refractivity contribution >= 4 is 11.5 Å². The lowest BCUT2D eigenvalue weighted by molar-refractivity contribution is -0.140. The predicted molar refractivity (Wildman–Crippen MR) is 108 cm³/mol. The highest BCUT2D eigenvalue weighted by atomic mass is 16.6. The van der Waals surface area contributed by atoms with E-state index in [4.69, 9.17) is 10.6 Å². The minimum Gasteiger partial charge on any atom is -0.395 e. The van der Waals surface area contributed by atoms with Crippen LogP contribution in [0, 0.1) is 40.4 Å². The van der Waals surface area contributed by atoms with E-state index < -0.39 is 0 Å². The summed E-state index contributed by atoms with van der Waals surface area (Å²) < 4.78 is 0. The van der Waals surface area contributed by atoms with Crippen molar-refractivity contribution in [2.45, 2.75) is 65.2 Å². The summed E-state index contributed by atoms with van der Waals surface area (Å²) in [7, 11) is 0. The smallest absolute Gasteiger partial charge is 0.139 e. The Labute approximate surface area is 164 Å². The van der Waals surface area contributed by atoms with Gasteiger partial charge in [0.05, 0.1) is 5.71 Å². The number of oxime groups is 1. The normalized spacial score (nSPS) is 47.9. The van der Waals surface area contributed by atoms with Crippen molar-refractivity contribution in [1.29, 1.82) is 0 Å². The minimum absolute atomic E-state index is 0.0482. The van der Waals surface area contributed by atoms with Crippen LogP contribution in [0.25, 0.3) is 0 Å². The molecule has 4 aliphatic rings. The highest BCUT2D eigenvalue weighted by Gasteiger charge is 2.61. The first-order valence-corrected chi connectivity index (χ1v) is 11.0. The molecule has 4 rings (SSSR count). The van der Waals surface area contributed by atoms with Crippen LogP contribution in [0.2, 0.25) is 0 Å². The van der Waals surface area contributed by atoms with E-state index in [-0.39, 0.29) is 5.41 Å². The summed E-state index contributed by atoms with van der Waals surface area (Å²) in [6.45, 7) is 10.0. The SMILES string of the molecule is C=C[C@H]1C[C@@H]2[C@H](CC[C@]3(C)C(=O)CC[C@@H]23)[C@@]2(C)CCC(=NOCCN)CC12. The molecule has 0 aromatic rings. The van der Waals surface area contributed by atoms with Crippen molar-refractivity contribution < 1.29 is 9.63 Å². The van der Waals surface area contributed by atoms with E-state index in [1.54, 1.807) is 0 Å². The summed E-state index contributed by atoms with van der Waals surface area (Å²) in [5, 5.41) is 4.40. The lowest BCUT2D eigenvalue weighted by Gasteiger charge is -2.61. The quantitative estimate of drug-likeness (QED) is 0.453. The van der Waals surface area contributed by atoms with Gasteiger partial charge in [-0.3, -0.25) is 4.79 Å². The van der Waals surface area contributed by atoms with Crippen molar-refractivity contribution in [2.75, 3.05) is 13.2 Å². The standard InChI is InChI=1S/C23H36N2O2/c1-4-15-13-17-18-5-6-21(26)23(18,3)10-8-19(17)22(2)9-7-16(14-20(15)22)25-27-12-11-24/h4,15,17-20H,1,5-14,24H2,2-3H3/t15-,17-,18-,19-,20?,22+,23-/m0/s1. The maximum atomic E-state index is 12.6. The highest BCUT2D eigenvalue weighted by molar-refractivity contribution is 5.87. The van der Waals surface area contributed by atoms with Crippen LogP contribution >= 0.6 is 0 Å². The second-order valence-corrected chi connectivity index (χ2v) is 10.0. The lowest BCUT2D eigenvalue weighted by Crippen LogP contribution is -2.56. The van der Waals surface area contributed by atoms with E-state index in [2.05, 4.69) is 31.7 Å². The summed E-state index contributed by atoms with van der Waals surface area (Å²) in [6, 6.07) is 0. The van der Waals surface area contributed by atoms with Gasteiger partial charge in [0.2, 0.25) is 0 Å². The number of hydrogen-bond acceptors (Lipinski definition) is 4. The second-order valence-electron chi connectivity index (χ2n) is 10.0. The number of carbonyl (C=O) groups is 1. The Kier molecular flexibility index (Phi) is 4.99. The number of rotatable bonds is 4. The average Bonchev–Trinajstić information content (AvgIpc) is 2.96. The molecule has 0 aromatic carbocycles. The van der Waals surface area contributed by atoms with Gasteiger partial charge in [0.25, 0.3) is 0 Å². The molecule has 4 aliphatic carbocycles. The van der Waals surface area contributed by atoms with Crippen LogP contribution in [0.1, 0.15) is 65.2 Å². The van der Waals surface area contributed by atoms with Crippen LogP contribution in [0.4, 0.5) is 0 Å². The summed E-state index contributed by atoms with van der Waals surface area (Å²) in [6.07, 6.45) is 10.9. The number of nitrogens with zero attached hydrogens (tertiary/aromatic N) is 1. The topological polar surface area (TPSA) is 64.7 Å². The molecule has 0 spiro atoms. The van der Waals surface area contributed by atoms with Crippen molar-refractivity contribution in [2.24, 2.45) is 51.3 Å². The summed E-state index contributed by atoms with van der Waals surface area (Å²) in [4.78, 5) is 18.0. The van der Waals surface area contributed by atoms with Crippen LogP contribution in [-0.2, 0) is 9.63 Å². The molecule has 7 atom stereocenters. The number of hydrogen-bond donors (Lipinski definition) is 1. The molecule has 2 N–H and O–H groups in total. The molecule has 27 heavy (non-hydrogen) atoms. The molecule has 1 unspecified atom stereocenters. The molecule has 4 nitrogen and oxygen atoms in total. The Bertz CT molecular complexity index is 644. The molecule has 0 bridgehead atoms. The number of fused-ring (bicyclic) bond motifs is 5. The van der Waals surface area contributed by atoms with Gasteiger partial charge < -0.3 is 10.6 Å². The Morgan fingerprint density at radius 2 is 2.04 bits per heavy atom. The van der Waals surface area contributed by atoms with E-state index in [0.29, 0.717) is 48.0 Å². The fourth-order valence-electron chi connectivity index (χ4n) is 7.51. The molecule has 4 fully saturated rings. The maximum Gasteiger partial charge on any atom is 0.139 e. The van der Waals surface area contributed by atoms with E-state index in [0.717, 1.165) is 38.0 Å². The molecule has 0 aliphatic heterocycles. The molecule has 0 heterocycles. The largest absolute Gasteiger partial charge is 0.395 e. The number of allylic oxidation sites excluding steroid dienone is 1. The first kappa shape index (κ1) is 19.2.